The summed E-state index contributed by atoms with van der Waals surface area (Å²) in [4.78, 5) is 33.1. The van der Waals surface area contributed by atoms with Crippen molar-refractivity contribution in [3.8, 4) is 0 Å². The number of fused-ring (bicyclic) bond motifs is 2. The van der Waals surface area contributed by atoms with Crippen molar-refractivity contribution in [2.75, 3.05) is 17.6 Å². The molecule has 0 radical (unpaired) electrons. The van der Waals surface area contributed by atoms with E-state index in [4.69, 9.17) is 11.5 Å². The predicted octanol–water partition coefficient (Wildman–Crippen LogP) is 0.882. The molecule has 3 aromatic rings. The topological polar surface area (TPSA) is 141 Å². The van der Waals surface area contributed by atoms with E-state index < -0.39 is 11.3 Å². The molecule has 0 atom stereocenters. The third-order valence-electron chi connectivity index (χ3n) is 5.00. The molecular weight excluding hydrogens is 358 g/mol. The zero-order valence-corrected chi connectivity index (χ0v) is 15.5. The summed E-state index contributed by atoms with van der Waals surface area (Å²) in [7, 11) is 0. The highest BCUT2D eigenvalue weighted by atomic mass is 16.2. The van der Waals surface area contributed by atoms with Gasteiger partial charge in [-0.05, 0) is 37.1 Å². The smallest absolute Gasteiger partial charge is 0.256 e. The first kappa shape index (κ1) is 17.9. The number of rotatable bonds is 4. The van der Waals surface area contributed by atoms with Gasteiger partial charge < -0.3 is 26.7 Å². The van der Waals surface area contributed by atoms with E-state index in [0.717, 1.165) is 25.2 Å². The highest BCUT2D eigenvalue weighted by molar-refractivity contribution is 6.00. The fourth-order valence-corrected chi connectivity index (χ4v) is 3.61. The summed E-state index contributed by atoms with van der Waals surface area (Å²) < 4.78 is 1.59. The van der Waals surface area contributed by atoms with Gasteiger partial charge in [0, 0.05) is 25.0 Å². The molecule has 1 aliphatic heterocycles. The molecule has 1 aromatic carbocycles. The summed E-state index contributed by atoms with van der Waals surface area (Å²) in [6.45, 7) is 3.98. The number of anilines is 3. The van der Waals surface area contributed by atoms with Gasteiger partial charge in [-0.15, -0.1) is 0 Å². The van der Waals surface area contributed by atoms with E-state index in [1.54, 1.807) is 4.57 Å². The Morgan fingerprint density at radius 2 is 2.21 bits per heavy atom. The molecule has 0 spiro atoms. The van der Waals surface area contributed by atoms with E-state index >= 15 is 0 Å². The first-order chi connectivity index (χ1) is 13.5. The number of nitrogens with zero attached hydrogens (tertiary/aromatic N) is 3. The third-order valence-corrected chi connectivity index (χ3v) is 5.00. The molecule has 3 heterocycles. The maximum Gasteiger partial charge on any atom is 0.256 e. The number of benzene rings is 1. The van der Waals surface area contributed by atoms with Crippen LogP contribution in [0.15, 0.2) is 29.2 Å². The minimum Gasteiger partial charge on any atom is -0.384 e. The molecule has 9 heteroatoms. The molecule has 0 saturated heterocycles. The van der Waals surface area contributed by atoms with Crippen LogP contribution in [0.1, 0.15) is 28.4 Å². The van der Waals surface area contributed by atoms with E-state index in [1.165, 1.54) is 17.3 Å². The average Bonchev–Trinajstić information content (AvgIpc) is 2.68. The average molecular weight is 379 g/mol. The number of aromatic nitrogens is 3. The fourth-order valence-electron chi connectivity index (χ4n) is 3.61. The Morgan fingerprint density at radius 1 is 1.39 bits per heavy atom. The van der Waals surface area contributed by atoms with E-state index in [9.17, 15) is 9.59 Å². The molecule has 0 fully saturated rings. The number of nitrogen functional groups attached to an aromatic ring is 1. The Labute approximate surface area is 160 Å². The predicted molar refractivity (Wildman–Crippen MR) is 108 cm³/mol. The fraction of sp³-hybridized carbons (Fsp3) is 0.263. The molecule has 9 nitrogen and oxygen atoms in total. The van der Waals surface area contributed by atoms with Crippen LogP contribution in [-0.4, -0.2) is 27.0 Å². The lowest BCUT2D eigenvalue weighted by molar-refractivity contribution is 0.1000. The molecule has 144 valence electrons. The molecule has 0 unspecified atom stereocenters. The van der Waals surface area contributed by atoms with Gasteiger partial charge in [-0.1, -0.05) is 12.1 Å². The van der Waals surface area contributed by atoms with Gasteiger partial charge in [0.25, 0.3) is 5.91 Å². The molecule has 0 aliphatic carbocycles. The monoisotopic (exact) mass is 379 g/mol. The number of carbonyl (C=O) groups is 1. The van der Waals surface area contributed by atoms with Crippen molar-refractivity contribution in [2.45, 2.75) is 26.4 Å². The molecule has 1 amide bonds. The van der Waals surface area contributed by atoms with Crippen LogP contribution in [0.5, 0.6) is 0 Å². The van der Waals surface area contributed by atoms with Gasteiger partial charge >= 0.3 is 0 Å². The van der Waals surface area contributed by atoms with Crippen molar-refractivity contribution >= 4 is 34.4 Å². The first-order valence-corrected chi connectivity index (χ1v) is 9.08. The maximum atomic E-state index is 12.6. The van der Waals surface area contributed by atoms with Crippen LogP contribution in [0.25, 0.3) is 11.0 Å². The van der Waals surface area contributed by atoms with Gasteiger partial charge in [0.2, 0.25) is 11.4 Å². The van der Waals surface area contributed by atoms with E-state index in [-0.39, 0.29) is 16.8 Å². The van der Waals surface area contributed by atoms with Crippen molar-refractivity contribution in [3.63, 3.8) is 0 Å². The van der Waals surface area contributed by atoms with Gasteiger partial charge in [-0.25, -0.2) is 4.98 Å². The van der Waals surface area contributed by atoms with Gasteiger partial charge in [0.05, 0.1) is 5.39 Å². The molecule has 28 heavy (non-hydrogen) atoms. The standard InChI is InChI=1S/C19H21N7O2/c1-2-26-16(20)14(17(21)28)15(27)12-9-23-19(25-18(12)26)24-13-5-3-4-10-6-7-22-8-11(10)13/h3-5,9,22H,2,6-8,20H2,1H3,(H2,21,28)(H,23,24,25). The summed E-state index contributed by atoms with van der Waals surface area (Å²) in [6, 6.07) is 6.08. The van der Waals surface area contributed by atoms with Crippen LogP contribution < -0.4 is 27.5 Å². The third kappa shape index (κ3) is 2.85. The number of nitrogens with two attached hydrogens (primary N) is 2. The van der Waals surface area contributed by atoms with Crippen molar-refractivity contribution in [3.05, 3.63) is 51.3 Å². The minimum atomic E-state index is -0.864. The lowest BCUT2D eigenvalue weighted by atomic mass is 9.99. The van der Waals surface area contributed by atoms with Crippen molar-refractivity contribution < 1.29 is 4.79 Å². The van der Waals surface area contributed by atoms with Gasteiger partial charge in [-0.3, -0.25) is 9.59 Å². The number of hydrogen-bond acceptors (Lipinski definition) is 7. The largest absolute Gasteiger partial charge is 0.384 e. The Hall–Kier alpha value is -3.46. The van der Waals surface area contributed by atoms with Crippen LogP contribution in [0.2, 0.25) is 0 Å². The highest BCUT2D eigenvalue weighted by Crippen LogP contribution is 2.26. The molecular formula is C19H21N7O2. The summed E-state index contributed by atoms with van der Waals surface area (Å²) in [5.41, 5.74) is 14.3. The summed E-state index contributed by atoms with van der Waals surface area (Å²) in [5, 5.41) is 6.80. The van der Waals surface area contributed by atoms with Crippen LogP contribution in [0.4, 0.5) is 17.5 Å². The molecule has 6 N–H and O–H groups in total. The van der Waals surface area contributed by atoms with E-state index in [1.807, 2.05) is 19.1 Å². The SMILES string of the molecule is CCn1c(N)c(C(N)=O)c(=O)c2cnc(Nc3cccc4c3CNCC4)nc21. The van der Waals surface area contributed by atoms with Crippen LogP contribution in [0.3, 0.4) is 0 Å². The Kier molecular flexibility index (Phi) is 4.44. The number of aryl methyl sites for hydroxylation is 1. The summed E-state index contributed by atoms with van der Waals surface area (Å²) in [5.74, 6) is -0.505. The lowest BCUT2D eigenvalue weighted by Crippen LogP contribution is -2.28. The lowest BCUT2D eigenvalue weighted by Gasteiger charge is -2.21. The number of nitrogens with one attached hydrogen (secondary N) is 2. The minimum absolute atomic E-state index is 0.0124. The van der Waals surface area contributed by atoms with Crippen molar-refractivity contribution in [1.82, 2.24) is 19.9 Å². The Balaban J connectivity index is 1.84. The van der Waals surface area contributed by atoms with Crippen LogP contribution >= 0.6 is 0 Å². The number of amides is 1. The Bertz CT molecular complexity index is 1150. The summed E-state index contributed by atoms with van der Waals surface area (Å²) >= 11 is 0. The Morgan fingerprint density at radius 3 is 2.96 bits per heavy atom. The highest BCUT2D eigenvalue weighted by Gasteiger charge is 2.20. The normalized spacial score (nSPS) is 13.3. The molecule has 2 aromatic heterocycles. The zero-order valence-electron chi connectivity index (χ0n) is 15.5. The quantitative estimate of drug-likeness (QED) is 0.527. The number of pyridine rings is 1. The molecule has 4 rings (SSSR count). The molecule has 1 aliphatic rings. The molecule has 0 saturated carbocycles. The number of carbonyl (C=O) groups excluding carboxylic acids is 1. The number of hydrogen-bond donors (Lipinski definition) is 4. The second-order valence-electron chi connectivity index (χ2n) is 6.62. The second-order valence-corrected chi connectivity index (χ2v) is 6.62. The molecule has 0 bridgehead atoms. The van der Waals surface area contributed by atoms with E-state index in [0.29, 0.717) is 18.1 Å². The number of primary amides is 1. The van der Waals surface area contributed by atoms with Crippen molar-refractivity contribution in [1.29, 1.82) is 0 Å². The van der Waals surface area contributed by atoms with Gasteiger partial charge in [-0.2, -0.15) is 4.98 Å². The van der Waals surface area contributed by atoms with Crippen LogP contribution in [-0.2, 0) is 19.5 Å². The first-order valence-electron chi connectivity index (χ1n) is 9.08. The summed E-state index contributed by atoms with van der Waals surface area (Å²) in [6.07, 6.45) is 2.36. The second kappa shape index (κ2) is 6.93. The zero-order chi connectivity index (χ0) is 19.8. The van der Waals surface area contributed by atoms with Gasteiger partial charge in [0.15, 0.2) is 5.65 Å². The van der Waals surface area contributed by atoms with Crippen LogP contribution in [0, 0.1) is 0 Å². The maximum absolute atomic E-state index is 12.6. The van der Waals surface area contributed by atoms with E-state index in [2.05, 4.69) is 26.7 Å². The van der Waals surface area contributed by atoms with Crippen molar-refractivity contribution in [2.24, 2.45) is 5.73 Å². The van der Waals surface area contributed by atoms with Gasteiger partial charge in [0.1, 0.15) is 11.4 Å².